The van der Waals surface area contributed by atoms with Crippen LogP contribution in [0.4, 0.5) is 16.2 Å². The van der Waals surface area contributed by atoms with Crippen molar-refractivity contribution in [1.29, 1.82) is 0 Å². The third kappa shape index (κ3) is 7.00. The molecule has 13 heteroatoms. The number of hydrogen-bond donors (Lipinski definition) is 4. The number of amides is 2. The van der Waals surface area contributed by atoms with E-state index in [1.54, 1.807) is 41.5 Å². The zero-order chi connectivity index (χ0) is 35.6. The molecule has 0 heterocycles. The van der Waals surface area contributed by atoms with Crippen molar-refractivity contribution in [3.63, 3.8) is 0 Å². The number of fused-ring (bicyclic) bond motifs is 3. The van der Waals surface area contributed by atoms with E-state index in [-0.39, 0.29) is 24.6 Å². The largest absolute Gasteiger partial charge is 0.481 e. The molecule has 0 spiro atoms. The molecule has 0 aromatic heterocycles. The van der Waals surface area contributed by atoms with Crippen LogP contribution in [0.2, 0.25) is 0 Å². The first kappa shape index (κ1) is 35.6. The van der Waals surface area contributed by atoms with Crippen LogP contribution in [0.3, 0.4) is 0 Å². The van der Waals surface area contributed by atoms with Gasteiger partial charge in [-0.25, -0.2) is 4.79 Å². The van der Waals surface area contributed by atoms with Crippen molar-refractivity contribution in [3.8, 4) is 11.1 Å². The first-order valence-corrected chi connectivity index (χ1v) is 15.4. The van der Waals surface area contributed by atoms with Crippen LogP contribution in [0, 0.1) is 15.5 Å². The summed E-state index contributed by atoms with van der Waals surface area (Å²) >= 11 is 0. The Balaban J connectivity index is 1.57. The Hall–Kier alpha value is -5.30. The third-order valence-corrected chi connectivity index (χ3v) is 8.59. The van der Waals surface area contributed by atoms with Gasteiger partial charge in [-0.1, -0.05) is 69.3 Å². The minimum absolute atomic E-state index is 0.000757. The van der Waals surface area contributed by atoms with Gasteiger partial charge in [0.25, 0.3) is 11.6 Å². The molecular formula is C35H40N4O9. The molecule has 0 fully saturated rings. The number of benzene rings is 3. The molecular weight excluding hydrogens is 620 g/mol. The molecule has 0 saturated carbocycles. The van der Waals surface area contributed by atoms with E-state index in [1.807, 2.05) is 48.5 Å². The summed E-state index contributed by atoms with van der Waals surface area (Å²) in [6, 6.07) is 19.1. The van der Waals surface area contributed by atoms with Crippen molar-refractivity contribution in [2.75, 3.05) is 11.9 Å². The maximum absolute atomic E-state index is 13.7. The van der Waals surface area contributed by atoms with E-state index in [0.29, 0.717) is 0 Å². The van der Waals surface area contributed by atoms with Gasteiger partial charge in [0.05, 0.1) is 10.6 Å². The number of ether oxygens (including phenoxy) is 1. The van der Waals surface area contributed by atoms with Crippen molar-refractivity contribution in [2.24, 2.45) is 5.41 Å². The van der Waals surface area contributed by atoms with Gasteiger partial charge in [0, 0.05) is 23.9 Å². The van der Waals surface area contributed by atoms with Crippen LogP contribution in [0.15, 0.2) is 66.7 Å². The van der Waals surface area contributed by atoms with E-state index in [9.17, 15) is 39.5 Å². The molecule has 0 saturated heterocycles. The van der Waals surface area contributed by atoms with Crippen molar-refractivity contribution in [2.45, 2.75) is 71.4 Å². The second-order valence-electron chi connectivity index (χ2n) is 13.7. The Morgan fingerprint density at radius 1 is 0.896 bits per heavy atom. The minimum Gasteiger partial charge on any atom is -0.481 e. The first-order valence-electron chi connectivity index (χ1n) is 15.4. The number of nitrogens with one attached hydrogen (secondary N) is 2. The maximum atomic E-state index is 13.7. The average molecular weight is 661 g/mol. The smallest absolute Gasteiger partial charge is 0.411 e. The molecule has 3 aromatic rings. The van der Waals surface area contributed by atoms with Gasteiger partial charge < -0.3 is 14.9 Å². The minimum atomic E-state index is -1.93. The van der Waals surface area contributed by atoms with Gasteiger partial charge in [-0.2, -0.15) is 5.01 Å². The van der Waals surface area contributed by atoms with Gasteiger partial charge in [0.1, 0.15) is 17.7 Å². The molecule has 1 aliphatic rings. The summed E-state index contributed by atoms with van der Waals surface area (Å²) in [5.74, 6) is -3.78. The quantitative estimate of drug-likeness (QED) is 0.132. The summed E-state index contributed by atoms with van der Waals surface area (Å²) in [6.45, 7) is 9.75. The van der Waals surface area contributed by atoms with E-state index in [0.717, 1.165) is 34.4 Å². The number of carbonyl (C=O) groups excluding carboxylic acids is 2. The number of hydrogen-bond acceptors (Lipinski definition) is 8. The number of carboxylic acid groups (broad SMARTS) is 2. The second-order valence-corrected chi connectivity index (χ2v) is 13.7. The lowest BCUT2D eigenvalue weighted by atomic mass is 9.69. The standard InChI is InChI=1S/C35H40N4O9/c1-33(2,3)35(31(43)44,18-17-29(40)41)39(34(4,5)6)37-30(42)26-16-15-21(19-28(26)38(46)47)36-32(45)48-20-27-24-13-9-7-11-22(24)23-12-8-10-14-25(23)27/h7-16,19,27H,17-18,20H2,1-6H3,(H,36,45)(H,37,42)(H,40,41)(H,43,44)/t35-/m0/s1. The van der Waals surface area contributed by atoms with Crippen LogP contribution in [0.5, 0.6) is 0 Å². The van der Waals surface area contributed by atoms with E-state index in [1.165, 1.54) is 11.1 Å². The van der Waals surface area contributed by atoms with Crippen LogP contribution in [0.25, 0.3) is 11.1 Å². The number of nitrogens with zero attached hydrogens (tertiary/aromatic N) is 2. The van der Waals surface area contributed by atoms with Crippen LogP contribution >= 0.6 is 0 Å². The summed E-state index contributed by atoms with van der Waals surface area (Å²) in [4.78, 5) is 62.3. The number of nitro benzene ring substituents is 1. The predicted octanol–water partition coefficient (Wildman–Crippen LogP) is 6.44. The normalized spacial score (nSPS) is 14.0. The molecule has 48 heavy (non-hydrogen) atoms. The molecule has 4 rings (SSSR count). The Bertz CT molecular complexity index is 1710. The molecule has 1 aliphatic carbocycles. The molecule has 3 aromatic carbocycles. The summed E-state index contributed by atoms with van der Waals surface area (Å²) < 4.78 is 5.54. The zero-order valence-electron chi connectivity index (χ0n) is 27.7. The molecule has 1 atom stereocenters. The van der Waals surface area contributed by atoms with Crippen LogP contribution in [-0.4, -0.2) is 61.8 Å². The van der Waals surface area contributed by atoms with Crippen LogP contribution in [0.1, 0.15) is 81.8 Å². The number of nitro groups is 1. The SMILES string of the molecule is CC(C)(C)N(NC(=O)c1ccc(NC(=O)OCC2c3ccccc3-c3ccccc32)cc1[N+](=O)[O-])[C@@](CCC(=O)O)(C(=O)O)C(C)(C)C. The van der Waals surface area contributed by atoms with Gasteiger partial charge in [-0.05, 0) is 67.0 Å². The number of rotatable bonds is 11. The lowest BCUT2D eigenvalue weighted by Gasteiger charge is -2.53. The van der Waals surface area contributed by atoms with Crippen molar-refractivity contribution < 1.29 is 39.1 Å². The Morgan fingerprint density at radius 3 is 1.94 bits per heavy atom. The average Bonchev–Trinajstić information content (AvgIpc) is 3.31. The van der Waals surface area contributed by atoms with Crippen LogP contribution in [-0.2, 0) is 14.3 Å². The fourth-order valence-electron chi connectivity index (χ4n) is 6.34. The van der Waals surface area contributed by atoms with Crippen LogP contribution < -0.4 is 10.7 Å². The molecule has 2 amide bonds. The monoisotopic (exact) mass is 660 g/mol. The summed E-state index contributed by atoms with van der Waals surface area (Å²) in [7, 11) is 0. The van der Waals surface area contributed by atoms with Gasteiger partial charge >= 0.3 is 18.0 Å². The number of carbonyl (C=O) groups is 4. The Kier molecular flexibility index (Phi) is 9.95. The molecule has 0 unspecified atom stereocenters. The fraction of sp³-hybridized carbons (Fsp3) is 0.371. The highest BCUT2D eigenvalue weighted by Crippen LogP contribution is 2.45. The van der Waals surface area contributed by atoms with Crippen molar-refractivity contribution in [3.05, 3.63) is 93.5 Å². The molecule has 0 bridgehead atoms. The number of aliphatic carboxylic acids is 2. The maximum Gasteiger partial charge on any atom is 0.411 e. The first-order chi connectivity index (χ1) is 22.4. The van der Waals surface area contributed by atoms with Crippen molar-refractivity contribution in [1.82, 2.24) is 10.4 Å². The predicted molar refractivity (Wildman–Crippen MR) is 178 cm³/mol. The summed E-state index contributed by atoms with van der Waals surface area (Å²) in [5.41, 5.74) is 1.52. The fourth-order valence-corrected chi connectivity index (χ4v) is 6.34. The van der Waals surface area contributed by atoms with E-state index in [2.05, 4.69) is 10.7 Å². The van der Waals surface area contributed by atoms with E-state index < -0.39 is 63.0 Å². The topological polar surface area (TPSA) is 188 Å². The lowest BCUT2D eigenvalue weighted by Crippen LogP contribution is -2.72. The van der Waals surface area contributed by atoms with E-state index >= 15 is 0 Å². The highest BCUT2D eigenvalue weighted by Gasteiger charge is 2.57. The number of carboxylic acids is 2. The van der Waals surface area contributed by atoms with E-state index in [4.69, 9.17) is 4.74 Å². The zero-order valence-corrected chi connectivity index (χ0v) is 27.7. The summed E-state index contributed by atoms with van der Waals surface area (Å²) in [6.07, 6.45) is -1.73. The number of hydrazine groups is 1. The van der Waals surface area contributed by atoms with Crippen molar-refractivity contribution >= 4 is 35.3 Å². The lowest BCUT2D eigenvalue weighted by molar-refractivity contribution is -0.385. The molecule has 0 aliphatic heterocycles. The highest BCUT2D eigenvalue weighted by molar-refractivity contribution is 5.99. The molecule has 4 N–H and O–H groups in total. The van der Waals surface area contributed by atoms with Gasteiger partial charge in [-0.15, -0.1) is 0 Å². The Labute approximate surface area is 278 Å². The van der Waals surface area contributed by atoms with Gasteiger partial charge in [0.15, 0.2) is 0 Å². The molecule has 0 radical (unpaired) electrons. The van der Waals surface area contributed by atoms with Gasteiger partial charge in [0.2, 0.25) is 0 Å². The number of anilines is 1. The Morgan fingerprint density at radius 2 is 1.46 bits per heavy atom. The third-order valence-electron chi connectivity index (χ3n) is 8.59. The molecule has 13 nitrogen and oxygen atoms in total. The molecule has 254 valence electrons. The summed E-state index contributed by atoms with van der Waals surface area (Å²) in [5, 5.41) is 35.7. The van der Waals surface area contributed by atoms with Gasteiger partial charge in [-0.3, -0.25) is 35.2 Å². The second kappa shape index (κ2) is 13.4. The highest BCUT2D eigenvalue weighted by atomic mass is 16.6.